The zero-order valence-electron chi connectivity index (χ0n) is 29.1. The first-order chi connectivity index (χ1) is 24.7. The van der Waals surface area contributed by atoms with Crippen LogP contribution in [0.2, 0.25) is 0 Å². The third-order valence-electron chi connectivity index (χ3n) is 10.2. The van der Waals surface area contributed by atoms with E-state index >= 15 is 4.39 Å². The Kier molecular flexibility index (Phi) is 9.82. The lowest BCUT2D eigenvalue weighted by molar-refractivity contribution is 0.157. The molecule has 2 amide bonds. The van der Waals surface area contributed by atoms with Crippen molar-refractivity contribution in [3.63, 3.8) is 0 Å². The summed E-state index contributed by atoms with van der Waals surface area (Å²) in [5.74, 6) is 0.913. The van der Waals surface area contributed by atoms with Crippen LogP contribution in [0, 0.1) is 5.82 Å². The number of hydrogen-bond acceptors (Lipinski definition) is 11. The van der Waals surface area contributed by atoms with Gasteiger partial charge in [0.1, 0.15) is 18.1 Å². The second-order valence-electron chi connectivity index (χ2n) is 13.6. The Bertz CT molecular complexity index is 1950. The number of nitrogens with two attached hydrogens (primary N) is 2. The summed E-state index contributed by atoms with van der Waals surface area (Å²) in [5.41, 5.74) is 14.5. The second-order valence-corrected chi connectivity index (χ2v) is 13.6. The van der Waals surface area contributed by atoms with E-state index < -0.39 is 11.8 Å². The number of piperidine rings is 1. The summed E-state index contributed by atoms with van der Waals surface area (Å²) < 4.78 is 29.9. The number of aromatic nitrogens is 3. The first kappa shape index (κ1) is 34.3. The Morgan fingerprint density at radius 1 is 1.12 bits per heavy atom. The van der Waals surface area contributed by atoms with E-state index in [2.05, 4.69) is 29.7 Å². The molecule has 7 rings (SSSR count). The van der Waals surface area contributed by atoms with Crippen molar-refractivity contribution in [3.8, 4) is 11.6 Å². The van der Waals surface area contributed by atoms with E-state index in [1.807, 2.05) is 47.2 Å². The normalized spacial score (nSPS) is 19.3. The Morgan fingerprint density at radius 2 is 1.94 bits per heavy atom. The molecule has 0 spiro atoms. The Morgan fingerprint density at radius 3 is 2.69 bits per heavy atom. The number of ether oxygens (including phenoxy) is 2. The highest BCUT2D eigenvalue weighted by Crippen LogP contribution is 2.42. The number of amides is 2. The largest absolute Gasteiger partial charge is 0.487 e. The van der Waals surface area contributed by atoms with Crippen molar-refractivity contribution in [1.82, 2.24) is 29.7 Å². The molecular weight excluding hydrogens is 655 g/mol. The summed E-state index contributed by atoms with van der Waals surface area (Å²) in [4.78, 5) is 42.8. The van der Waals surface area contributed by atoms with Crippen LogP contribution in [0.1, 0.15) is 36.9 Å². The van der Waals surface area contributed by atoms with Gasteiger partial charge in [0.15, 0.2) is 17.0 Å². The number of nitrogens with one attached hydrogen (secondary N) is 1. The topological polar surface area (TPSA) is 160 Å². The summed E-state index contributed by atoms with van der Waals surface area (Å²) in [6.45, 7) is 7.54. The number of carbonyl (C=O) groups is 1. The van der Waals surface area contributed by atoms with Gasteiger partial charge in [-0.1, -0.05) is 0 Å². The third-order valence-corrected chi connectivity index (χ3v) is 10.2. The molecule has 0 saturated carbocycles. The number of pyridine rings is 3. The fourth-order valence-electron chi connectivity index (χ4n) is 7.49. The van der Waals surface area contributed by atoms with Crippen LogP contribution in [0.5, 0.6) is 11.6 Å². The van der Waals surface area contributed by atoms with Gasteiger partial charge in [0.2, 0.25) is 5.88 Å². The van der Waals surface area contributed by atoms with Gasteiger partial charge in [-0.3, -0.25) is 14.6 Å². The first-order valence-corrected chi connectivity index (χ1v) is 17.4. The highest BCUT2D eigenvalue weighted by molar-refractivity contribution is 5.92. The van der Waals surface area contributed by atoms with Crippen LogP contribution in [0.15, 0.2) is 53.7 Å². The van der Waals surface area contributed by atoms with E-state index in [9.17, 15) is 9.59 Å². The van der Waals surface area contributed by atoms with Crippen molar-refractivity contribution in [2.24, 2.45) is 5.73 Å². The van der Waals surface area contributed by atoms with Crippen molar-refractivity contribution in [1.29, 1.82) is 0 Å². The number of benzene rings is 1. The van der Waals surface area contributed by atoms with Crippen LogP contribution >= 0.6 is 0 Å². The van der Waals surface area contributed by atoms with Crippen LogP contribution < -0.4 is 41.5 Å². The molecule has 270 valence electrons. The van der Waals surface area contributed by atoms with E-state index in [1.54, 1.807) is 19.5 Å². The molecule has 1 aromatic carbocycles. The Balaban J connectivity index is 1.22. The van der Waals surface area contributed by atoms with Crippen LogP contribution in [-0.2, 0) is 13.1 Å². The number of carbonyl (C=O) groups excluding carboxylic acids is 1. The van der Waals surface area contributed by atoms with E-state index in [-0.39, 0.29) is 17.5 Å². The lowest BCUT2D eigenvalue weighted by atomic mass is 10.0. The number of rotatable bonds is 10. The second kappa shape index (κ2) is 14.6. The van der Waals surface area contributed by atoms with E-state index in [1.165, 1.54) is 6.07 Å². The maximum Gasteiger partial charge on any atom is 0.313 e. The molecule has 2 saturated heterocycles. The SMILES string of the molecule is COc1cc(CN(Cc2cn3c4c(c(N5CCN(CNC(N)=O)CC5)c(F)cc4c2=O)OC[C@@H]3C)[C@H]2CCCN(c3ccc(N)nc3)C2)ccn1. The first-order valence-electron chi connectivity index (χ1n) is 17.4. The number of hydrogen-bond donors (Lipinski definition) is 3. The summed E-state index contributed by atoms with van der Waals surface area (Å²) in [6, 6.07) is 8.53. The smallest absolute Gasteiger partial charge is 0.313 e. The lowest BCUT2D eigenvalue weighted by Crippen LogP contribution is -2.51. The fourth-order valence-corrected chi connectivity index (χ4v) is 7.49. The molecule has 51 heavy (non-hydrogen) atoms. The molecule has 6 heterocycles. The van der Waals surface area contributed by atoms with Gasteiger partial charge in [-0.05, 0) is 49.6 Å². The zero-order valence-corrected chi connectivity index (χ0v) is 29.1. The van der Waals surface area contributed by atoms with Gasteiger partial charge in [0, 0.05) is 82.4 Å². The predicted molar refractivity (Wildman–Crippen MR) is 194 cm³/mol. The maximum atomic E-state index is 16.2. The average molecular weight is 701 g/mol. The van der Waals surface area contributed by atoms with Crippen molar-refractivity contribution in [3.05, 3.63) is 76.1 Å². The molecular formula is C36H45FN10O4. The van der Waals surface area contributed by atoms with E-state index in [0.29, 0.717) is 92.1 Å². The molecule has 3 aliphatic heterocycles. The number of nitrogens with zero attached hydrogens (tertiary/aromatic N) is 7. The minimum absolute atomic E-state index is 0.0736. The van der Waals surface area contributed by atoms with Crippen molar-refractivity contribution in [2.75, 3.05) is 75.2 Å². The van der Waals surface area contributed by atoms with Gasteiger partial charge in [-0.15, -0.1) is 0 Å². The number of urea groups is 1. The highest BCUT2D eigenvalue weighted by Gasteiger charge is 2.32. The van der Waals surface area contributed by atoms with Gasteiger partial charge in [-0.2, -0.15) is 0 Å². The van der Waals surface area contributed by atoms with Crippen LogP contribution in [0.25, 0.3) is 10.9 Å². The van der Waals surface area contributed by atoms with Gasteiger partial charge in [0.05, 0.1) is 42.6 Å². The summed E-state index contributed by atoms with van der Waals surface area (Å²) in [6.07, 6.45) is 7.40. The molecule has 5 N–H and O–H groups in total. The van der Waals surface area contributed by atoms with Crippen molar-refractivity contribution in [2.45, 2.75) is 44.9 Å². The number of methoxy groups -OCH3 is 1. The summed E-state index contributed by atoms with van der Waals surface area (Å²) in [5, 5.41) is 2.92. The molecule has 4 aromatic rings. The monoisotopic (exact) mass is 700 g/mol. The molecule has 14 nitrogen and oxygen atoms in total. The molecule has 3 aliphatic rings. The number of nitrogen functional groups attached to an aromatic ring is 1. The van der Waals surface area contributed by atoms with Crippen LogP contribution in [0.3, 0.4) is 0 Å². The summed E-state index contributed by atoms with van der Waals surface area (Å²) in [7, 11) is 1.60. The number of anilines is 3. The highest BCUT2D eigenvalue weighted by atomic mass is 19.1. The Hall–Kier alpha value is -5.15. The minimum atomic E-state index is -0.584. The van der Waals surface area contributed by atoms with Gasteiger partial charge in [-0.25, -0.2) is 19.2 Å². The minimum Gasteiger partial charge on any atom is -0.487 e. The van der Waals surface area contributed by atoms with Crippen LogP contribution in [0.4, 0.5) is 26.4 Å². The molecule has 2 fully saturated rings. The number of primary amides is 1. The molecule has 3 aromatic heterocycles. The fraction of sp³-hybridized carbons (Fsp3) is 0.444. The Labute approximate surface area is 295 Å². The molecule has 15 heteroatoms. The lowest BCUT2D eigenvalue weighted by Gasteiger charge is -2.40. The number of piperazine rings is 1. The van der Waals surface area contributed by atoms with Crippen LogP contribution in [-0.4, -0.2) is 96.1 Å². The van der Waals surface area contributed by atoms with Crippen molar-refractivity contribution >= 4 is 34.1 Å². The van der Waals surface area contributed by atoms with Crippen molar-refractivity contribution < 1.29 is 18.7 Å². The molecule has 0 bridgehead atoms. The molecule has 0 aliphatic carbocycles. The quantitative estimate of drug-likeness (QED) is 0.223. The molecule has 0 radical (unpaired) electrons. The maximum absolute atomic E-state index is 16.2. The molecule has 2 atom stereocenters. The third kappa shape index (κ3) is 7.21. The zero-order chi connectivity index (χ0) is 35.6. The van der Waals surface area contributed by atoms with Gasteiger partial charge in [0.25, 0.3) is 0 Å². The molecule has 0 unspecified atom stereocenters. The standard InChI is InChI=1S/C36H45FN10O4/c1-23-21-51-35-32-28(15-29(37)33(35)44-12-10-43(11-13-44)22-42-36(39)49)34(48)25(19-47(23)32)18-46(17-24-7-8-40-31(14-24)50-2)27-4-3-9-45(20-27)26-5-6-30(38)41-16-26/h5-8,14-16,19,23,27H,3-4,9-13,17-18,20-22H2,1-2H3,(H2,38,41)(H3,39,42,49)/t23-,27-/m0/s1. The van der Waals surface area contributed by atoms with Gasteiger partial charge >= 0.3 is 6.03 Å². The summed E-state index contributed by atoms with van der Waals surface area (Å²) >= 11 is 0. The van der Waals surface area contributed by atoms with E-state index in [0.717, 1.165) is 37.2 Å². The van der Waals surface area contributed by atoms with E-state index in [4.69, 9.17) is 20.9 Å². The average Bonchev–Trinajstić information content (AvgIpc) is 3.14. The van der Waals surface area contributed by atoms with Gasteiger partial charge < -0.3 is 40.6 Å². The number of halogens is 1. The predicted octanol–water partition coefficient (Wildman–Crippen LogP) is 2.89.